The van der Waals surface area contributed by atoms with Gasteiger partial charge in [0.15, 0.2) is 9.04 Å². The van der Waals surface area contributed by atoms with E-state index in [0.717, 1.165) is 5.69 Å². The van der Waals surface area contributed by atoms with Gasteiger partial charge in [-0.1, -0.05) is 51.1 Å². The van der Waals surface area contributed by atoms with Gasteiger partial charge < -0.3 is 9.74 Å². The zero-order chi connectivity index (χ0) is 17.9. The lowest BCUT2D eigenvalue weighted by Crippen LogP contribution is -2.21. The molecule has 24 heavy (non-hydrogen) atoms. The highest BCUT2D eigenvalue weighted by Gasteiger charge is 2.17. The molecular weight excluding hydrogens is 310 g/mol. The Bertz CT molecular complexity index is 671. The summed E-state index contributed by atoms with van der Waals surface area (Å²) in [5, 5.41) is 3.57. The molecule has 2 aromatic rings. The summed E-state index contributed by atoms with van der Waals surface area (Å²) < 4.78 is 6.26. The lowest BCUT2D eigenvalue weighted by Gasteiger charge is -2.25. The Hall–Kier alpha value is -1.58. The van der Waals surface area contributed by atoms with E-state index in [4.69, 9.17) is 4.43 Å². The maximum Gasteiger partial charge on any atom is 0.174 e. The largest absolute Gasteiger partial charge is 0.397 e. The van der Waals surface area contributed by atoms with E-state index in [-0.39, 0.29) is 11.6 Å². The quantitative estimate of drug-likeness (QED) is 0.555. The van der Waals surface area contributed by atoms with Crippen molar-refractivity contribution in [2.24, 2.45) is 0 Å². The number of aryl methyl sites for hydroxylation is 2. The third kappa shape index (κ3) is 4.95. The molecule has 2 aromatic carbocycles. The smallest absolute Gasteiger partial charge is 0.174 e. The maximum atomic E-state index is 6.26. The minimum atomic E-state index is -1.17. The van der Waals surface area contributed by atoms with Crippen molar-refractivity contribution in [1.82, 2.24) is 0 Å². The van der Waals surface area contributed by atoms with Crippen LogP contribution in [-0.4, -0.2) is 9.04 Å². The third-order valence-electron chi connectivity index (χ3n) is 4.29. The molecule has 0 heterocycles. The van der Waals surface area contributed by atoms with Crippen LogP contribution in [-0.2, 0) is 9.84 Å². The second-order valence-electron chi connectivity index (χ2n) is 7.88. The first-order chi connectivity index (χ1) is 11.2. The van der Waals surface area contributed by atoms with E-state index < -0.39 is 9.04 Å². The van der Waals surface area contributed by atoms with Gasteiger partial charge in [-0.25, -0.2) is 0 Å². The molecule has 0 spiro atoms. The van der Waals surface area contributed by atoms with Crippen LogP contribution in [0.2, 0.25) is 13.1 Å². The molecule has 0 aliphatic carbocycles. The average Bonchev–Trinajstić information content (AvgIpc) is 2.49. The normalized spacial score (nSPS) is 13.2. The molecule has 0 saturated carbocycles. The van der Waals surface area contributed by atoms with Gasteiger partial charge in [-0.15, -0.1) is 0 Å². The van der Waals surface area contributed by atoms with Crippen LogP contribution in [0.1, 0.15) is 49.3 Å². The molecule has 0 amide bonds. The van der Waals surface area contributed by atoms with Gasteiger partial charge in [-0.2, -0.15) is 0 Å². The van der Waals surface area contributed by atoms with Crippen molar-refractivity contribution < 1.29 is 4.43 Å². The number of rotatable bonds is 5. The lowest BCUT2D eigenvalue weighted by molar-refractivity contribution is 0.240. The van der Waals surface area contributed by atoms with Gasteiger partial charge in [0.05, 0.1) is 0 Å². The molecule has 2 nitrogen and oxygen atoms in total. The summed E-state index contributed by atoms with van der Waals surface area (Å²) in [6.07, 6.45) is -0.0900. The van der Waals surface area contributed by atoms with Crippen LogP contribution in [0.3, 0.4) is 0 Å². The van der Waals surface area contributed by atoms with E-state index in [2.05, 4.69) is 95.5 Å². The number of anilines is 1. The SMILES string of the molecule is Cc1ccc(NC(O[SiH](C)C)c2ccc(C(C)(C)C)cc2)cc1C. The third-order valence-corrected chi connectivity index (χ3v) is 5.11. The Balaban J connectivity index is 2.26. The molecule has 1 atom stereocenters. The van der Waals surface area contributed by atoms with Crippen molar-refractivity contribution in [2.45, 2.75) is 59.4 Å². The highest BCUT2D eigenvalue weighted by atomic mass is 28.3. The molecule has 0 aliphatic rings. The van der Waals surface area contributed by atoms with E-state index in [1.165, 1.54) is 22.3 Å². The van der Waals surface area contributed by atoms with Crippen LogP contribution >= 0.6 is 0 Å². The van der Waals surface area contributed by atoms with E-state index in [1.54, 1.807) is 0 Å². The molecule has 130 valence electrons. The Kier molecular flexibility index (Phi) is 5.89. The molecule has 0 bridgehead atoms. The van der Waals surface area contributed by atoms with Gasteiger partial charge in [0.1, 0.15) is 6.23 Å². The molecule has 3 heteroatoms. The van der Waals surface area contributed by atoms with Crippen LogP contribution in [0.15, 0.2) is 42.5 Å². The Labute approximate surface area is 149 Å². The molecular formula is C21H31NOSi. The summed E-state index contributed by atoms with van der Waals surface area (Å²) >= 11 is 0. The number of benzene rings is 2. The van der Waals surface area contributed by atoms with E-state index in [0.29, 0.717) is 0 Å². The van der Waals surface area contributed by atoms with E-state index >= 15 is 0 Å². The monoisotopic (exact) mass is 341 g/mol. The molecule has 1 unspecified atom stereocenters. The van der Waals surface area contributed by atoms with Gasteiger partial charge in [0.25, 0.3) is 0 Å². The van der Waals surface area contributed by atoms with Gasteiger partial charge in [0, 0.05) is 5.69 Å². The van der Waals surface area contributed by atoms with E-state index in [1.807, 2.05) is 0 Å². The number of hydrogen-bond donors (Lipinski definition) is 1. The van der Waals surface area contributed by atoms with Gasteiger partial charge in [0.2, 0.25) is 0 Å². The van der Waals surface area contributed by atoms with Crippen LogP contribution < -0.4 is 5.32 Å². The fourth-order valence-electron chi connectivity index (χ4n) is 2.61. The summed E-state index contributed by atoms with van der Waals surface area (Å²) in [6, 6.07) is 15.3. The second kappa shape index (κ2) is 7.54. The van der Waals surface area contributed by atoms with Crippen molar-refractivity contribution in [1.29, 1.82) is 0 Å². The summed E-state index contributed by atoms with van der Waals surface area (Å²) in [5.41, 5.74) is 6.41. The lowest BCUT2D eigenvalue weighted by atomic mass is 9.86. The van der Waals surface area contributed by atoms with Crippen molar-refractivity contribution in [2.75, 3.05) is 5.32 Å². The van der Waals surface area contributed by atoms with Crippen LogP contribution in [0.5, 0.6) is 0 Å². The number of nitrogens with one attached hydrogen (secondary N) is 1. The zero-order valence-corrected chi connectivity index (χ0v) is 17.3. The first-order valence-corrected chi connectivity index (χ1v) is 11.5. The van der Waals surface area contributed by atoms with Crippen molar-refractivity contribution in [3.8, 4) is 0 Å². The summed E-state index contributed by atoms with van der Waals surface area (Å²) in [4.78, 5) is 0. The minimum Gasteiger partial charge on any atom is -0.397 e. The first kappa shape index (κ1) is 18.8. The van der Waals surface area contributed by atoms with Crippen LogP contribution in [0, 0.1) is 13.8 Å². The average molecular weight is 342 g/mol. The topological polar surface area (TPSA) is 21.3 Å². The van der Waals surface area contributed by atoms with Crippen LogP contribution in [0.4, 0.5) is 5.69 Å². The molecule has 0 radical (unpaired) electrons. The Morgan fingerprint density at radius 1 is 0.917 bits per heavy atom. The zero-order valence-electron chi connectivity index (χ0n) is 16.1. The summed E-state index contributed by atoms with van der Waals surface area (Å²) in [6.45, 7) is 15.4. The standard InChI is InChI=1S/C21H31NOSi/c1-15-8-13-19(14-16(15)2)22-20(23-24(6)7)17-9-11-18(12-10-17)21(3,4)5/h8-14,20,22,24H,1-7H3. The number of hydrogen-bond acceptors (Lipinski definition) is 2. The summed E-state index contributed by atoms with van der Waals surface area (Å²) in [7, 11) is -1.17. The molecule has 2 rings (SSSR count). The Morgan fingerprint density at radius 2 is 1.54 bits per heavy atom. The van der Waals surface area contributed by atoms with Crippen molar-refractivity contribution >= 4 is 14.7 Å². The van der Waals surface area contributed by atoms with Crippen LogP contribution in [0.25, 0.3) is 0 Å². The minimum absolute atomic E-state index is 0.0900. The second-order valence-corrected chi connectivity index (χ2v) is 10.2. The fraction of sp³-hybridized carbons (Fsp3) is 0.429. The highest BCUT2D eigenvalue weighted by molar-refractivity contribution is 6.48. The molecule has 0 aromatic heterocycles. The molecule has 1 N–H and O–H groups in total. The maximum absolute atomic E-state index is 6.26. The summed E-state index contributed by atoms with van der Waals surface area (Å²) in [5.74, 6) is 0. The highest BCUT2D eigenvalue weighted by Crippen LogP contribution is 2.27. The Morgan fingerprint density at radius 3 is 2.04 bits per heavy atom. The van der Waals surface area contributed by atoms with Gasteiger partial charge in [-0.05, 0) is 66.7 Å². The van der Waals surface area contributed by atoms with Gasteiger partial charge >= 0.3 is 0 Å². The van der Waals surface area contributed by atoms with Crippen molar-refractivity contribution in [3.63, 3.8) is 0 Å². The van der Waals surface area contributed by atoms with Gasteiger partial charge in [-0.3, -0.25) is 0 Å². The first-order valence-electron chi connectivity index (χ1n) is 8.76. The predicted molar refractivity (Wildman–Crippen MR) is 107 cm³/mol. The predicted octanol–water partition coefficient (Wildman–Crippen LogP) is 5.71. The molecule has 0 saturated heterocycles. The van der Waals surface area contributed by atoms with Crippen molar-refractivity contribution in [3.05, 3.63) is 64.7 Å². The van der Waals surface area contributed by atoms with E-state index in [9.17, 15) is 0 Å². The fourth-order valence-corrected chi connectivity index (χ4v) is 3.38. The molecule has 0 aliphatic heterocycles. The molecule has 0 fully saturated rings.